The Morgan fingerprint density at radius 2 is 1.80 bits per heavy atom. The van der Waals surface area contributed by atoms with E-state index >= 15 is 0 Å². The molecule has 3 aliphatic rings. The lowest BCUT2D eigenvalue weighted by Gasteiger charge is -2.34. The Morgan fingerprint density at radius 1 is 1.04 bits per heavy atom. The van der Waals surface area contributed by atoms with E-state index in [0.717, 1.165) is 62.3 Å². The number of hydrogen-bond donors (Lipinski definition) is 0. The number of nitrogens with zero attached hydrogens (tertiary/aromatic N) is 5. The number of carbonyl (C=O) groups is 1. The van der Waals surface area contributed by atoms with Gasteiger partial charge in [-0.3, -0.25) is 4.79 Å². The molecule has 25 heavy (non-hydrogen) atoms. The number of piperidine rings is 1. The van der Waals surface area contributed by atoms with Crippen molar-refractivity contribution in [2.24, 2.45) is 17.8 Å². The van der Waals surface area contributed by atoms with Crippen LogP contribution >= 0.6 is 0 Å². The fraction of sp³-hybridized carbons (Fsp3) is 0.632. The summed E-state index contributed by atoms with van der Waals surface area (Å²) in [4.78, 5) is 22.0. The van der Waals surface area contributed by atoms with Gasteiger partial charge in [0.2, 0.25) is 5.91 Å². The first-order chi connectivity index (χ1) is 12.3. The van der Waals surface area contributed by atoms with E-state index in [9.17, 15) is 4.79 Å². The number of carbonyl (C=O) groups excluding carboxylic acids is 1. The van der Waals surface area contributed by atoms with Crippen LogP contribution in [0.1, 0.15) is 32.1 Å². The highest BCUT2D eigenvalue weighted by Gasteiger charge is 2.40. The molecule has 2 atom stereocenters. The molecule has 1 amide bonds. The first-order valence-corrected chi connectivity index (χ1v) is 9.62. The van der Waals surface area contributed by atoms with Crippen LogP contribution in [-0.4, -0.2) is 51.6 Å². The molecule has 2 aromatic heterocycles. The van der Waals surface area contributed by atoms with E-state index in [-0.39, 0.29) is 5.92 Å². The van der Waals surface area contributed by atoms with Gasteiger partial charge in [0.15, 0.2) is 5.65 Å². The second-order valence-corrected chi connectivity index (χ2v) is 7.88. The average Bonchev–Trinajstić information content (AvgIpc) is 3.36. The number of anilines is 1. The van der Waals surface area contributed by atoms with Gasteiger partial charge in [0, 0.05) is 44.4 Å². The standard InChI is InChI=1S/C19H25N5O/c25-19(23-12-15-2-1-3-16(15)13-23)14-5-9-22(10-6-14)17-7-11-24-18(21-17)4-8-20-24/h4,7-8,11,14-16H,1-3,5-6,9-10,12-13H2. The third-order valence-electron chi connectivity index (χ3n) is 6.45. The minimum atomic E-state index is 0.203. The Balaban J connectivity index is 1.21. The molecule has 132 valence electrons. The van der Waals surface area contributed by atoms with Crippen molar-refractivity contribution in [3.05, 3.63) is 24.5 Å². The lowest BCUT2D eigenvalue weighted by Crippen LogP contribution is -2.42. The summed E-state index contributed by atoms with van der Waals surface area (Å²) in [6.45, 7) is 3.86. The number of amides is 1. The Hall–Kier alpha value is -2.11. The molecule has 4 heterocycles. The van der Waals surface area contributed by atoms with Gasteiger partial charge in [-0.05, 0) is 43.6 Å². The van der Waals surface area contributed by atoms with Gasteiger partial charge in [0.25, 0.3) is 0 Å². The van der Waals surface area contributed by atoms with Crippen molar-refractivity contribution in [1.29, 1.82) is 0 Å². The normalized spacial score (nSPS) is 27.2. The molecule has 2 unspecified atom stereocenters. The van der Waals surface area contributed by atoms with Gasteiger partial charge < -0.3 is 9.80 Å². The first-order valence-electron chi connectivity index (χ1n) is 9.62. The van der Waals surface area contributed by atoms with Crippen LogP contribution in [0.3, 0.4) is 0 Å². The second kappa shape index (κ2) is 6.00. The quantitative estimate of drug-likeness (QED) is 0.842. The van der Waals surface area contributed by atoms with E-state index < -0.39 is 0 Å². The summed E-state index contributed by atoms with van der Waals surface area (Å²) in [6, 6.07) is 3.94. The van der Waals surface area contributed by atoms with E-state index in [2.05, 4.69) is 19.9 Å². The molecule has 1 saturated carbocycles. The molecule has 3 fully saturated rings. The van der Waals surface area contributed by atoms with E-state index in [0.29, 0.717) is 5.91 Å². The number of likely N-dealkylation sites (tertiary alicyclic amines) is 1. The number of aromatic nitrogens is 3. The molecule has 2 aromatic rings. The van der Waals surface area contributed by atoms with Crippen LogP contribution in [0, 0.1) is 17.8 Å². The highest BCUT2D eigenvalue weighted by atomic mass is 16.2. The minimum absolute atomic E-state index is 0.203. The molecular weight excluding hydrogens is 314 g/mol. The fourth-order valence-corrected chi connectivity index (χ4v) is 5.01. The molecule has 0 bridgehead atoms. The molecule has 1 aliphatic carbocycles. The van der Waals surface area contributed by atoms with Crippen LogP contribution < -0.4 is 4.90 Å². The maximum atomic E-state index is 12.9. The highest BCUT2D eigenvalue weighted by molar-refractivity contribution is 5.79. The van der Waals surface area contributed by atoms with Gasteiger partial charge in [-0.25, -0.2) is 9.50 Å². The SMILES string of the molecule is O=C(C1CCN(c2ccn3nccc3n2)CC1)N1CC2CCCC2C1. The molecule has 2 aliphatic heterocycles. The number of rotatable bonds is 2. The summed E-state index contributed by atoms with van der Waals surface area (Å²) >= 11 is 0. The monoisotopic (exact) mass is 339 g/mol. The van der Waals surface area contributed by atoms with Crippen LogP contribution in [-0.2, 0) is 4.79 Å². The van der Waals surface area contributed by atoms with Crippen molar-refractivity contribution < 1.29 is 4.79 Å². The molecule has 0 radical (unpaired) electrons. The Labute approximate surface area is 147 Å². The van der Waals surface area contributed by atoms with E-state index in [4.69, 9.17) is 0 Å². The van der Waals surface area contributed by atoms with Crippen molar-refractivity contribution in [1.82, 2.24) is 19.5 Å². The Morgan fingerprint density at radius 3 is 2.56 bits per heavy atom. The number of fused-ring (bicyclic) bond motifs is 2. The molecule has 5 rings (SSSR count). The predicted octanol–water partition coefficient (Wildman–Crippen LogP) is 2.20. The molecule has 6 nitrogen and oxygen atoms in total. The van der Waals surface area contributed by atoms with Crippen LogP contribution in [0.15, 0.2) is 24.5 Å². The molecular formula is C19H25N5O. The highest BCUT2D eigenvalue weighted by Crippen LogP contribution is 2.38. The zero-order valence-corrected chi connectivity index (χ0v) is 14.5. The lowest BCUT2D eigenvalue weighted by atomic mass is 9.95. The van der Waals surface area contributed by atoms with Gasteiger partial charge >= 0.3 is 0 Å². The zero-order valence-electron chi connectivity index (χ0n) is 14.5. The van der Waals surface area contributed by atoms with Gasteiger partial charge in [-0.15, -0.1) is 0 Å². The summed E-state index contributed by atoms with van der Waals surface area (Å²) in [5, 5.41) is 4.19. The van der Waals surface area contributed by atoms with Crippen LogP contribution in [0.4, 0.5) is 5.82 Å². The van der Waals surface area contributed by atoms with Crippen molar-refractivity contribution >= 4 is 17.4 Å². The minimum Gasteiger partial charge on any atom is -0.356 e. The third kappa shape index (κ3) is 2.68. The van der Waals surface area contributed by atoms with Gasteiger partial charge in [0.1, 0.15) is 5.82 Å². The lowest BCUT2D eigenvalue weighted by molar-refractivity contribution is -0.135. The number of hydrogen-bond acceptors (Lipinski definition) is 4. The van der Waals surface area contributed by atoms with Crippen LogP contribution in [0.2, 0.25) is 0 Å². The first kappa shape index (κ1) is 15.2. The summed E-state index contributed by atoms with van der Waals surface area (Å²) in [7, 11) is 0. The molecule has 0 aromatic carbocycles. The maximum absolute atomic E-state index is 12.9. The van der Waals surface area contributed by atoms with E-state index in [1.807, 2.05) is 18.3 Å². The zero-order chi connectivity index (χ0) is 16.8. The van der Waals surface area contributed by atoms with Crippen molar-refractivity contribution in [2.75, 3.05) is 31.1 Å². The summed E-state index contributed by atoms with van der Waals surface area (Å²) in [5.74, 6) is 3.18. The summed E-state index contributed by atoms with van der Waals surface area (Å²) in [6.07, 6.45) is 9.63. The summed E-state index contributed by atoms with van der Waals surface area (Å²) in [5.41, 5.74) is 0.874. The van der Waals surface area contributed by atoms with Crippen LogP contribution in [0.25, 0.3) is 5.65 Å². The molecule has 0 spiro atoms. The molecule has 0 N–H and O–H groups in total. The largest absolute Gasteiger partial charge is 0.356 e. The van der Waals surface area contributed by atoms with E-state index in [1.54, 1.807) is 10.7 Å². The Kier molecular flexibility index (Phi) is 3.64. The third-order valence-corrected chi connectivity index (χ3v) is 6.45. The van der Waals surface area contributed by atoms with Crippen LogP contribution in [0.5, 0.6) is 0 Å². The van der Waals surface area contributed by atoms with Crippen molar-refractivity contribution in [2.45, 2.75) is 32.1 Å². The maximum Gasteiger partial charge on any atom is 0.225 e. The van der Waals surface area contributed by atoms with Gasteiger partial charge in [0.05, 0.1) is 6.20 Å². The van der Waals surface area contributed by atoms with Gasteiger partial charge in [-0.1, -0.05) is 6.42 Å². The van der Waals surface area contributed by atoms with Crippen molar-refractivity contribution in [3.8, 4) is 0 Å². The van der Waals surface area contributed by atoms with Gasteiger partial charge in [-0.2, -0.15) is 5.10 Å². The fourth-order valence-electron chi connectivity index (χ4n) is 5.01. The predicted molar refractivity (Wildman–Crippen MR) is 95.3 cm³/mol. The smallest absolute Gasteiger partial charge is 0.225 e. The van der Waals surface area contributed by atoms with Crippen molar-refractivity contribution in [3.63, 3.8) is 0 Å². The average molecular weight is 339 g/mol. The summed E-state index contributed by atoms with van der Waals surface area (Å²) < 4.78 is 1.78. The Bertz CT molecular complexity index is 767. The molecule has 6 heteroatoms. The van der Waals surface area contributed by atoms with E-state index in [1.165, 1.54) is 19.3 Å². The topological polar surface area (TPSA) is 53.7 Å². The molecule has 2 saturated heterocycles. The second-order valence-electron chi connectivity index (χ2n) is 7.88.